The summed E-state index contributed by atoms with van der Waals surface area (Å²) >= 11 is 0. The number of ether oxygens (including phenoxy) is 1. The molecule has 0 saturated carbocycles. The maximum absolute atomic E-state index is 5.66. The molecule has 0 bridgehead atoms. The van der Waals surface area contributed by atoms with Crippen LogP contribution < -0.4 is 0 Å². The smallest absolute Gasteiger partial charge is 0.119 e. The molecular formula is C14H28N2O. The molecule has 0 aromatic heterocycles. The van der Waals surface area contributed by atoms with Crippen molar-refractivity contribution in [3.8, 4) is 0 Å². The molecule has 0 amide bonds. The van der Waals surface area contributed by atoms with Crippen LogP contribution >= 0.6 is 0 Å². The van der Waals surface area contributed by atoms with Crippen LogP contribution in [0.3, 0.4) is 0 Å². The normalized spacial score (nSPS) is 14.9. The second-order valence-electron chi connectivity index (χ2n) is 4.79. The maximum Gasteiger partial charge on any atom is 0.119 e. The van der Waals surface area contributed by atoms with Gasteiger partial charge in [-0.05, 0) is 12.8 Å². The molecule has 1 heterocycles. The standard InChI is InChI=1S/C14H28N2O/c1-3-5-7-8-12-17-14-16-11-10-15(13-16)9-6-4-2/h10-11H,3-9,12-14H2,1-2H3. The van der Waals surface area contributed by atoms with Crippen molar-refractivity contribution < 1.29 is 4.74 Å². The minimum atomic E-state index is 0.741. The van der Waals surface area contributed by atoms with Crippen molar-refractivity contribution >= 4 is 0 Å². The van der Waals surface area contributed by atoms with Gasteiger partial charge in [-0.3, -0.25) is 0 Å². The molecule has 17 heavy (non-hydrogen) atoms. The average Bonchev–Trinajstić information content (AvgIpc) is 2.79. The third-order valence-corrected chi connectivity index (χ3v) is 3.05. The predicted molar refractivity (Wildman–Crippen MR) is 72.4 cm³/mol. The quantitative estimate of drug-likeness (QED) is 0.544. The molecule has 0 unspecified atom stereocenters. The van der Waals surface area contributed by atoms with Crippen LogP contribution in [0.2, 0.25) is 0 Å². The highest BCUT2D eigenvalue weighted by Crippen LogP contribution is 2.08. The zero-order valence-corrected chi connectivity index (χ0v) is 11.5. The minimum Gasteiger partial charge on any atom is -0.361 e. The molecular weight excluding hydrogens is 212 g/mol. The Morgan fingerprint density at radius 3 is 2.47 bits per heavy atom. The summed E-state index contributed by atoms with van der Waals surface area (Å²) in [6.07, 6.45) is 12.0. The van der Waals surface area contributed by atoms with E-state index in [4.69, 9.17) is 4.74 Å². The van der Waals surface area contributed by atoms with E-state index in [0.29, 0.717) is 0 Å². The van der Waals surface area contributed by atoms with Crippen LogP contribution in [-0.2, 0) is 4.74 Å². The molecule has 0 aliphatic carbocycles. The van der Waals surface area contributed by atoms with Crippen LogP contribution in [0.25, 0.3) is 0 Å². The Hall–Kier alpha value is -0.700. The van der Waals surface area contributed by atoms with E-state index in [1.165, 1.54) is 45.1 Å². The largest absolute Gasteiger partial charge is 0.361 e. The lowest BCUT2D eigenvalue weighted by Gasteiger charge is -2.20. The van der Waals surface area contributed by atoms with Gasteiger partial charge in [-0.15, -0.1) is 0 Å². The summed E-state index contributed by atoms with van der Waals surface area (Å²) in [7, 11) is 0. The van der Waals surface area contributed by atoms with Gasteiger partial charge in [-0.2, -0.15) is 0 Å². The predicted octanol–water partition coefficient (Wildman–Crippen LogP) is 3.39. The molecule has 0 aromatic carbocycles. The number of rotatable bonds is 10. The number of hydrogen-bond acceptors (Lipinski definition) is 3. The summed E-state index contributed by atoms with van der Waals surface area (Å²) < 4.78 is 5.66. The second kappa shape index (κ2) is 9.34. The Balaban J connectivity index is 1.93. The lowest BCUT2D eigenvalue weighted by molar-refractivity contribution is 0.0424. The topological polar surface area (TPSA) is 15.7 Å². The fraction of sp³-hybridized carbons (Fsp3) is 0.857. The molecule has 100 valence electrons. The van der Waals surface area contributed by atoms with Gasteiger partial charge < -0.3 is 14.5 Å². The Labute approximate surface area is 106 Å². The van der Waals surface area contributed by atoms with Gasteiger partial charge in [0.2, 0.25) is 0 Å². The summed E-state index contributed by atoms with van der Waals surface area (Å²) in [5.41, 5.74) is 0. The molecule has 3 heteroatoms. The number of nitrogens with zero attached hydrogens (tertiary/aromatic N) is 2. The van der Waals surface area contributed by atoms with Crippen molar-refractivity contribution in [3.05, 3.63) is 12.4 Å². The monoisotopic (exact) mass is 240 g/mol. The fourth-order valence-electron chi connectivity index (χ4n) is 1.92. The molecule has 0 N–H and O–H groups in total. The molecule has 0 radical (unpaired) electrons. The lowest BCUT2D eigenvalue weighted by Crippen LogP contribution is -2.27. The van der Waals surface area contributed by atoms with Crippen molar-refractivity contribution in [1.29, 1.82) is 0 Å². The van der Waals surface area contributed by atoms with Crippen molar-refractivity contribution in [1.82, 2.24) is 9.80 Å². The Bertz CT molecular complexity index is 206. The molecule has 0 fully saturated rings. The van der Waals surface area contributed by atoms with Gasteiger partial charge in [0.25, 0.3) is 0 Å². The van der Waals surface area contributed by atoms with Gasteiger partial charge in [0.1, 0.15) is 6.73 Å². The molecule has 0 spiro atoms. The molecule has 0 saturated heterocycles. The zero-order valence-electron chi connectivity index (χ0n) is 11.5. The van der Waals surface area contributed by atoms with E-state index in [1.54, 1.807) is 0 Å². The molecule has 3 nitrogen and oxygen atoms in total. The first-order valence-electron chi connectivity index (χ1n) is 7.11. The first kappa shape index (κ1) is 14.4. The Kier molecular flexibility index (Phi) is 7.89. The first-order valence-corrected chi connectivity index (χ1v) is 7.11. The highest BCUT2D eigenvalue weighted by Gasteiger charge is 2.10. The summed E-state index contributed by atoms with van der Waals surface area (Å²) in [4.78, 5) is 4.58. The molecule has 0 aromatic rings. The summed E-state index contributed by atoms with van der Waals surface area (Å²) in [6.45, 7) is 8.28. The van der Waals surface area contributed by atoms with Gasteiger partial charge in [-0.1, -0.05) is 39.5 Å². The van der Waals surface area contributed by atoms with Gasteiger partial charge in [0.05, 0.1) is 6.67 Å². The molecule has 0 atom stereocenters. The van der Waals surface area contributed by atoms with Gasteiger partial charge in [-0.25, -0.2) is 0 Å². The minimum absolute atomic E-state index is 0.741. The molecule has 1 rings (SSSR count). The lowest BCUT2D eigenvalue weighted by atomic mass is 10.2. The van der Waals surface area contributed by atoms with Crippen molar-refractivity contribution in [2.75, 3.05) is 26.6 Å². The maximum atomic E-state index is 5.66. The third kappa shape index (κ3) is 6.57. The van der Waals surface area contributed by atoms with E-state index < -0.39 is 0 Å². The highest BCUT2D eigenvalue weighted by molar-refractivity contribution is 4.89. The van der Waals surface area contributed by atoms with E-state index in [9.17, 15) is 0 Å². The summed E-state index contributed by atoms with van der Waals surface area (Å²) in [5, 5.41) is 0. The summed E-state index contributed by atoms with van der Waals surface area (Å²) in [5.74, 6) is 0. The van der Waals surface area contributed by atoms with Crippen molar-refractivity contribution in [2.24, 2.45) is 0 Å². The highest BCUT2D eigenvalue weighted by atomic mass is 16.5. The second-order valence-corrected chi connectivity index (χ2v) is 4.79. The number of unbranched alkanes of at least 4 members (excludes halogenated alkanes) is 4. The van der Waals surface area contributed by atoms with E-state index in [0.717, 1.165) is 20.0 Å². The Morgan fingerprint density at radius 2 is 1.71 bits per heavy atom. The first-order chi connectivity index (χ1) is 8.36. The molecule has 1 aliphatic rings. The van der Waals surface area contributed by atoms with Crippen LogP contribution in [-0.4, -0.2) is 36.4 Å². The van der Waals surface area contributed by atoms with Crippen LogP contribution in [0.1, 0.15) is 52.4 Å². The van der Waals surface area contributed by atoms with Crippen LogP contribution in [0.5, 0.6) is 0 Å². The van der Waals surface area contributed by atoms with E-state index in [2.05, 4.69) is 36.0 Å². The van der Waals surface area contributed by atoms with Crippen molar-refractivity contribution in [3.63, 3.8) is 0 Å². The average molecular weight is 240 g/mol. The van der Waals surface area contributed by atoms with Crippen LogP contribution in [0.15, 0.2) is 12.4 Å². The van der Waals surface area contributed by atoms with E-state index >= 15 is 0 Å². The van der Waals surface area contributed by atoms with Crippen LogP contribution in [0.4, 0.5) is 0 Å². The number of hydrogen-bond donors (Lipinski definition) is 0. The van der Waals surface area contributed by atoms with Gasteiger partial charge in [0.15, 0.2) is 0 Å². The third-order valence-electron chi connectivity index (χ3n) is 3.05. The summed E-state index contributed by atoms with van der Waals surface area (Å²) in [6, 6.07) is 0. The molecule has 1 aliphatic heterocycles. The van der Waals surface area contributed by atoms with Gasteiger partial charge in [0, 0.05) is 25.6 Å². The SMILES string of the molecule is CCCCCCOCN1C=CN(CCCC)C1. The Morgan fingerprint density at radius 1 is 0.941 bits per heavy atom. The fourth-order valence-corrected chi connectivity index (χ4v) is 1.92. The van der Waals surface area contributed by atoms with Gasteiger partial charge >= 0.3 is 0 Å². The zero-order chi connectivity index (χ0) is 12.3. The van der Waals surface area contributed by atoms with Crippen molar-refractivity contribution in [2.45, 2.75) is 52.4 Å². The van der Waals surface area contributed by atoms with E-state index in [1.807, 2.05) is 0 Å². The van der Waals surface area contributed by atoms with E-state index in [-0.39, 0.29) is 0 Å². The van der Waals surface area contributed by atoms with Crippen LogP contribution in [0, 0.1) is 0 Å².